The van der Waals surface area contributed by atoms with Gasteiger partial charge in [0.05, 0.1) is 21.3 Å². The molecule has 1 N–H and O–H groups in total. The fourth-order valence-corrected chi connectivity index (χ4v) is 5.52. The van der Waals surface area contributed by atoms with Gasteiger partial charge in [-0.1, -0.05) is 29.3 Å². The molecule has 0 heterocycles. The van der Waals surface area contributed by atoms with Crippen molar-refractivity contribution in [2.45, 2.75) is 11.8 Å². The zero-order valence-electron chi connectivity index (χ0n) is 17.0. The van der Waals surface area contributed by atoms with Crippen LogP contribution in [0.4, 0.5) is 17.1 Å². The van der Waals surface area contributed by atoms with Crippen molar-refractivity contribution in [2.75, 3.05) is 16.2 Å². The third-order valence-corrected chi connectivity index (χ3v) is 7.66. The quantitative estimate of drug-likeness (QED) is 0.284. The van der Waals surface area contributed by atoms with Crippen LogP contribution in [0.2, 0.25) is 10.0 Å². The zero-order valence-corrected chi connectivity index (χ0v) is 20.9. The normalized spacial score (nSPS) is 11.2. The first-order valence-electron chi connectivity index (χ1n) is 9.27. The van der Waals surface area contributed by atoms with Gasteiger partial charge in [-0.3, -0.25) is 19.2 Å². The van der Waals surface area contributed by atoms with Crippen LogP contribution in [0, 0.1) is 17.0 Å². The van der Waals surface area contributed by atoms with Gasteiger partial charge in [0, 0.05) is 21.6 Å². The highest BCUT2D eigenvalue weighted by Gasteiger charge is 2.31. The third-order valence-electron chi connectivity index (χ3n) is 4.49. The number of nitro benzene ring substituents is 1. The molecule has 0 aliphatic heterocycles. The highest BCUT2D eigenvalue weighted by Crippen LogP contribution is 2.32. The molecule has 3 rings (SSSR count). The van der Waals surface area contributed by atoms with Crippen LogP contribution >= 0.6 is 39.1 Å². The van der Waals surface area contributed by atoms with Crippen LogP contribution in [-0.4, -0.2) is 25.8 Å². The molecule has 0 unspecified atom stereocenters. The summed E-state index contributed by atoms with van der Waals surface area (Å²) in [5, 5.41) is 14.0. The van der Waals surface area contributed by atoms with Crippen molar-refractivity contribution in [1.29, 1.82) is 0 Å². The van der Waals surface area contributed by atoms with Crippen LogP contribution in [0.1, 0.15) is 5.56 Å². The number of nitro groups is 1. The molecule has 0 aromatic heterocycles. The van der Waals surface area contributed by atoms with Crippen LogP contribution in [-0.2, 0) is 14.8 Å². The maximum Gasteiger partial charge on any atom is 0.270 e. The summed E-state index contributed by atoms with van der Waals surface area (Å²) in [7, 11) is -4.48. The van der Waals surface area contributed by atoms with Crippen molar-refractivity contribution < 1.29 is 18.1 Å². The number of amides is 1. The summed E-state index contributed by atoms with van der Waals surface area (Å²) < 4.78 is 28.5. The SMILES string of the molecule is Cc1ccc(NC(=O)CN(c2ccc(Cl)cc2)S(=O)(=O)c2cc([N+](=O)[O-])ccc2Cl)c(Br)c1. The molecule has 0 aliphatic rings. The average molecular weight is 573 g/mol. The van der Waals surface area contributed by atoms with Crippen LogP contribution < -0.4 is 9.62 Å². The van der Waals surface area contributed by atoms with Crippen molar-refractivity contribution in [3.8, 4) is 0 Å². The summed E-state index contributed by atoms with van der Waals surface area (Å²) >= 11 is 15.4. The van der Waals surface area contributed by atoms with Crippen LogP contribution in [0.3, 0.4) is 0 Å². The Morgan fingerprint density at radius 3 is 2.36 bits per heavy atom. The molecule has 0 saturated heterocycles. The van der Waals surface area contributed by atoms with E-state index in [4.69, 9.17) is 23.2 Å². The Hall–Kier alpha value is -2.66. The number of halogens is 3. The third kappa shape index (κ3) is 5.83. The van der Waals surface area contributed by atoms with E-state index in [1.54, 1.807) is 18.2 Å². The van der Waals surface area contributed by atoms with E-state index < -0.39 is 38.0 Å². The monoisotopic (exact) mass is 571 g/mol. The Bertz CT molecular complexity index is 1330. The smallest absolute Gasteiger partial charge is 0.270 e. The summed E-state index contributed by atoms with van der Waals surface area (Å²) in [6.07, 6.45) is 0. The second-order valence-corrected chi connectivity index (χ2v) is 10.4. The second-order valence-electron chi connectivity index (χ2n) is 6.89. The van der Waals surface area contributed by atoms with Gasteiger partial charge in [-0.25, -0.2) is 8.42 Å². The molecular formula is C21H16BrCl2N3O5S. The lowest BCUT2D eigenvalue weighted by Crippen LogP contribution is -2.38. The maximum atomic E-state index is 13.5. The fourth-order valence-electron chi connectivity index (χ4n) is 2.89. The van der Waals surface area contributed by atoms with Crippen molar-refractivity contribution in [3.63, 3.8) is 0 Å². The Morgan fingerprint density at radius 1 is 1.09 bits per heavy atom. The molecule has 33 heavy (non-hydrogen) atoms. The number of aryl methyl sites for hydroxylation is 1. The first kappa shape index (κ1) is 25.0. The van der Waals surface area contributed by atoms with E-state index in [1.165, 1.54) is 24.3 Å². The maximum absolute atomic E-state index is 13.5. The van der Waals surface area contributed by atoms with Crippen molar-refractivity contribution >= 4 is 72.1 Å². The largest absolute Gasteiger partial charge is 0.323 e. The molecule has 0 bridgehead atoms. The number of nitrogens with one attached hydrogen (secondary N) is 1. The summed E-state index contributed by atoms with van der Waals surface area (Å²) in [6, 6.07) is 14.1. The standard InChI is InChI=1S/C21H16BrCl2N3O5S/c1-13-2-9-19(17(22)10-13)25-21(28)12-26(15-5-3-14(23)4-6-15)33(31,32)20-11-16(27(29)30)7-8-18(20)24/h2-11H,12H2,1H3,(H,25,28). The molecule has 8 nitrogen and oxygen atoms in total. The van der Waals surface area contributed by atoms with E-state index in [0.717, 1.165) is 28.1 Å². The van der Waals surface area contributed by atoms with E-state index in [-0.39, 0.29) is 10.7 Å². The first-order chi connectivity index (χ1) is 15.5. The molecule has 12 heteroatoms. The van der Waals surface area contributed by atoms with Crippen molar-refractivity contribution in [2.24, 2.45) is 0 Å². The lowest BCUT2D eigenvalue weighted by molar-refractivity contribution is -0.385. The van der Waals surface area contributed by atoms with Gasteiger partial charge in [0.1, 0.15) is 11.4 Å². The molecule has 172 valence electrons. The van der Waals surface area contributed by atoms with Gasteiger partial charge in [0.2, 0.25) is 5.91 Å². The van der Waals surface area contributed by atoms with E-state index in [1.807, 2.05) is 6.92 Å². The Morgan fingerprint density at radius 2 is 1.76 bits per heavy atom. The van der Waals surface area contributed by atoms with Crippen molar-refractivity contribution in [3.05, 3.63) is 90.9 Å². The molecule has 3 aromatic carbocycles. The molecule has 1 amide bonds. The number of carbonyl (C=O) groups is 1. The van der Waals surface area contributed by atoms with Gasteiger partial charge >= 0.3 is 0 Å². The van der Waals surface area contributed by atoms with Gasteiger partial charge in [0.15, 0.2) is 0 Å². The van der Waals surface area contributed by atoms with E-state index in [2.05, 4.69) is 21.2 Å². The molecule has 0 saturated carbocycles. The number of hydrogen-bond donors (Lipinski definition) is 1. The van der Waals surface area contributed by atoms with Crippen LogP contribution in [0.5, 0.6) is 0 Å². The number of non-ortho nitro benzene ring substituents is 1. The first-order valence-corrected chi connectivity index (χ1v) is 12.3. The second kappa shape index (κ2) is 10.1. The number of benzene rings is 3. The summed E-state index contributed by atoms with van der Waals surface area (Å²) in [4.78, 5) is 22.8. The number of nitrogens with zero attached hydrogens (tertiary/aromatic N) is 2. The molecule has 0 radical (unpaired) electrons. The summed E-state index contributed by atoms with van der Waals surface area (Å²) in [5.74, 6) is -0.639. The predicted octanol–water partition coefficient (Wildman–Crippen LogP) is 5.81. The minimum atomic E-state index is -4.48. The molecular weight excluding hydrogens is 557 g/mol. The van der Waals surface area contributed by atoms with Crippen LogP contribution in [0.25, 0.3) is 0 Å². The topological polar surface area (TPSA) is 110 Å². The van der Waals surface area contributed by atoms with Gasteiger partial charge in [0.25, 0.3) is 15.7 Å². The lowest BCUT2D eigenvalue weighted by Gasteiger charge is -2.24. The highest BCUT2D eigenvalue weighted by atomic mass is 79.9. The molecule has 0 spiro atoms. The van der Waals surface area contributed by atoms with Gasteiger partial charge < -0.3 is 5.32 Å². The predicted molar refractivity (Wildman–Crippen MR) is 132 cm³/mol. The zero-order chi connectivity index (χ0) is 24.3. The number of sulfonamides is 1. The van der Waals surface area contributed by atoms with Gasteiger partial charge in [-0.15, -0.1) is 0 Å². The summed E-state index contributed by atoms with van der Waals surface area (Å²) in [5.41, 5.74) is 1.08. The number of rotatable bonds is 7. The molecule has 0 atom stereocenters. The highest BCUT2D eigenvalue weighted by molar-refractivity contribution is 9.10. The van der Waals surface area contributed by atoms with E-state index in [0.29, 0.717) is 15.2 Å². The van der Waals surface area contributed by atoms with E-state index in [9.17, 15) is 23.3 Å². The molecule has 0 fully saturated rings. The summed E-state index contributed by atoms with van der Waals surface area (Å²) in [6.45, 7) is 1.26. The lowest BCUT2D eigenvalue weighted by atomic mass is 10.2. The minimum Gasteiger partial charge on any atom is -0.323 e. The number of hydrogen-bond acceptors (Lipinski definition) is 5. The Kier molecular flexibility index (Phi) is 7.63. The van der Waals surface area contributed by atoms with Crippen LogP contribution in [0.15, 0.2) is 70.0 Å². The Labute approximate surface area is 208 Å². The fraction of sp³-hybridized carbons (Fsp3) is 0.0952. The van der Waals surface area contributed by atoms with E-state index >= 15 is 0 Å². The average Bonchev–Trinajstić information content (AvgIpc) is 2.74. The molecule has 3 aromatic rings. The molecule has 0 aliphatic carbocycles. The van der Waals surface area contributed by atoms with Crippen molar-refractivity contribution in [1.82, 2.24) is 0 Å². The number of carbonyl (C=O) groups excluding carboxylic acids is 1. The van der Waals surface area contributed by atoms with Gasteiger partial charge in [-0.2, -0.15) is 0 Å². The number of anilines is 2. The Balaban J connectivity index is 2.03. The minimum absolute atomic E-state index is 0.125. The van der Waals surface area contributed by atoms with Gasteiger partial charge in [-0.05, 0) is 70.9 Å².